The highest BCUT2D eigenvalue weighted by Crippen LogP contribution is 2.28. The van der Waals surface area contributed by atoms with E-state index in [2.05, 4.69) is 29.2 Å². The van der Waals surface area contributed by atoms with Crippen molar-refractivity contribution in [2.75, 3.05) is 26.7 Å². The number of benzene rings is 1. The average Bonchev–Trinajstić information content (AvgIpc) is 3.23. The minimum Gasteiger partial charge on any atom is -0.342 e. The Bertz CT molecular complexity index is 478. The smallest absolute Gasteiger partial charge is 0.236 e. The number of likely N-dealkylation sites (N-methyl/N-ethyl adjacent to an activating group) is 1. The lowest BCUT2D eigenvalue weighted by atomic mass is 9.95. The van der Waals surface area contributed by atoms with Gasteiger partial charge in [0.25, 0.3) is 0 Å². The predicted molar refractivity (Wildman–Crippen MR) is 86.6 cm³/mol. The fraction of sp³-hybridized carbons (Fsp3) is 0.562. The first-order valence-electron chi connectivity index (χ1n) is 7.43. The van der Waals surface area contributed by atoms with Crippen LogP contribution in [0.15, 0.2) is 30.3 Å². The van der Waals surface area contributed by atoms with Crippen molar-refractivity contribution in [3.63, 3.8) is 0 Å². The van der Waals surface area contributed by atoms with Crippen molar-refractivity contribution < 1.29 is 4.79 Å². The van der Waals surface area contributed by atoms with Crippen LogP contribution >= 0.6 is 12.4 Å². The third kappa shape index (κ3) is 3.76. The van der Waals surface area contributed by atoms with Crippen molar-refractivity contribution in [2.24, 2.45) is 5.73 Å². The molecule has 21 heavy (non-hydrogen) atoms. The molecule has 116 valence electrons. The Hall–Kier alpha value is -1.10. The van der Waals surface area contributed by atoms with Crippen LogP contribution < -0.4 is 5.73 Å². The highest BCUT2D eigenvalue weighted by molar-refractivity contribution is 5.85. The molecule has 5 heteroatoms. The number of carbonyl (C=O) groups excluding carboxylic acids is 1. The van der Waals surface area contributed by atoms with Crippen molar-refractivity contribution in [2.45, 2.75) is 30.8 Å². The maximum absolute atomic E-state index is 12.2. The van der Waals surface area contributed by atoms with Crippen molar-refractivity contribution in [1.29, 1.82) is 0 Å². The fourth-order valence-electron chi connectivity index (χ4n) is 3.06. The Labute approximate surface area is 132 Å². The molecular formula is C16H24ClN3O. The van der Waals surface area contributed by atoms with Crippen molar-refractivity contribution in [3.05, 3.63) is 35.9 Å². The molecule has 0 bridgehead atoms. The summed E-state index contributed by atoms with van der Waals surface area (Å²) in [5, 5.41) is 0. The van der Waals surface area contributed by atoms with Gasteiger partial charge in [-0.15, -0.1) is 12.4 Å². The molecule has 1 heterocycles. The van der Waals surface area contributed by atoms with Gasteiger partial charge in [0.1, 0.15) is 0 Å². The predicted octanol–water partition coefficient (Wildman–Crippen LogP) is 1.46. The molecule has 2 fully saturated rings. The van der Waals surface area contributed by atoms with Crippen LogP contribution in [-0.2, 0) is 4.79 Å². The molecule has 2 aliphatic rings. The second-order valence-electron chi connectivity index (χ2n) is 6.11. The van der Waals surface area contributed by atoms with Crippen LogP contribution in [0.5, 0.6) is 0 Å². The summed E-state index contributed by atoms with van der Waals surface area (Å²) in [6.45, 7) is 2.20. The molecule has 2 N–H and O–H groups in total. The molecular weight excluding hydrogens is 286 g/mol. The molecule has 1 aromatic rings. The van der Waals surface area contributed by atoms with E-state index in [-0.39, 0.29) is 24.4 Å². The second kappa shape index (κ2) is 6.77. The first-order chi connectivity index (χ1) is 9.65. The van der Waals surface area contributed by atoms with Gasteiger partial charge in [0.15, 0.2) is 0 Å². The van der Waals surface area contributed by atoms with E-state index in [4.69, 9.17) is 5.73 Å². The van der Waals surface area contributed by atoms with Crippen LogP contribution in [0.25, 0.3) is 0 Å². The lowest BCUT2D eigenvalue weighted by Gasteiger charge is -2.21. The van der Waals surface area contributed by atoms with Gasteiger partial charge in [-0.3, -0.25) is 9.69 Å². The maximum atomic E-state index is 12.2. The second-order valence-corrected chi connectivity index (χ2v) is 6.11. The molecule has 1 saturated carbocycles. The Morgan fingerprint density at radius 2 is 1.95 bits per heavy atom. The van der Waals surface area contributed by atoms with E-state index in [1.54, 1.807) is 0 Å². The Morgan fingerprint density at radius 3 is 2.57 bits per heavy atom. The number of nitrogens with two attached hydrogens (primary N) is 1. The third-order valence-electron chi connectivity index (χ3n) is 4.52. The highest BCUT2D eigenvalue weighted by Gasteiger charge is 2.34. The molecule has 0 spiro atoms. The molecule has 1 amide bonds. The summed E-state index contributed by atoms with van der Waals surface area (Å²) >= 11 is 0. The van der Waals surface area contributed by atoms with Gasteiger partial charge in [0, 0.05) is 38.1 Å². The van der Waals surface area contributed by atoms with Gasteiger partial charge in [-0.25, -0.2) is 0 Å². The number of nitrogens with zero attached hydrogens (tertiary/aromatic N) is 2. The van der Waals surface area contributed by atoms with Gasteiger partial charge < -0.3 is 10.6 Å². The van der Waals surface area contributed by atoms with Crippen LogP contribution in [0.4, 0.5) is 0 Å². The molecule has 1 aliphatic heterocycles. The minimum absolute atomic E-state index is 0. The van der Waals surface area contributed by atoms with E-state index in [1.807, 2.05) is 18.0 Å². The van der Waals surface area contributed by atoms with Crippen LogP contribution in [-0.4, -0.2) is 54.5 Å². The van der Waals surface area contributed by atoms with Crippen LogP contribution in [0, 0.1) is 0 Å². The summed E-state index contributed by atoms with van der Waals surface area (Å²) in [4.78, 5) is 16.3. The molecule has 0 radical (unpaired) electrons. The highest BCUT2D eigenvalue weighted by atomic mass is 35.5. The number of carbonyl (C=O) groups is 1. The molecule has 1 saturated heterocycles. The topological polar surface area (TPSA) is 49.6 Å². The summed E-state index contributed by atoms with van der Waals surface area (Å²) in [6, 6.07) is 11.0. The molecule has 3 rings (SSSR count). The first kappa shape index (κ1) is 16.3. The molecule has 0 unspecified atom stereocenters. The zero-order valence-electron chi connectivity index (χ0n) is 12.4. The van der Waals surface area contributed by atoms with Crippen LogP contribution in [0.3, 0.4) is 0 Å². The van der Waals surface area contributed by atoms with Crippen molar-refractivity contribution in [3.8, 4) is 0 Å². The van der Waals surface area contributed by atoms with Gasteiger partial charge in [-0.1, -0.05) is 30.3 Å². The van der Waals surface area contributed by atoms with Gasteiger partial charge in [-0.2, -0.15) is 0 Å². The monoisotopic (exact) mass is 309 g/mol. The Kier molecular flexibility index (Phi) is 5.25. The third-order valence-corrected chi connectivity index (χ3v) is 4.52. The molecule has 4 nitrogen and oxygen atoms in total. The summed E-state index contributed by atoms with van der Waals surface area (Å²) < 4.78 is 0. The number of hydrogen-bond acceptors (Lipinski definition) is 3. The quantitative estimate of drug-likeness (QED) is 0.916. The normalized spacial score (nSPS) is 25.4. The fourth-order valence-corrected chi connectivity index (χ4v) is 3.06. The lowest BCUT2D eigenvalue weighted by Crippen LogP contribution is -2.39. The Balaban J connectivity index is 0.00000161. The molecule has 1 aliphatic carbocycles. The summed E-state index contributed by atoms with van der Waals surface area (Å²) in [6.07, 6.45) is 2.32. The molecule has 1 aromatic carbocycles. The summed E-state index contributed by atoms with van der Waals surface area (Å²) in [5.41, 5.74) is 7.54. The van der Waals surface area contributed by atoms with E-state index in [1.165, 1.54) is 5.56 Å². The van der Waals surface area contributed by atoms with Crippen LogP contribution in [0.1, 0.15) is 24.3 Å². The molecule has 0 aromatic heterocycles. The number of rotatable bonds is 4. The van der Waals surface area contributed by atoms with Gasteiger partial charge in [0.05, 0.1) is 6.54 Å². The SMILES string of the molecule is CN(C(=O)CN1C[C@@H](N)[C@H](c2ccccc2)C1)C1CC1.Cl. The van der Waals surface area contributed by atoms with Crippen LogP contribution in [0.2, 0.25) is 0 Å². The number of amides is 1. The Morgan fingerprint density at radius 1 is 1.29 bits per heavy atom. The average molecular weight is 310 g/mol. The standard InChI is InChI=1S/C16H23N3O.ClH/c1-18(13-7-8-13)16(20)11-19-9-14(15(17)10-19)12-5-3-2-4-6-12;/h2-6,13-15H,7-11,17H2,1H3;1H/t14-,15+;/m0./s1. The number of likely N-dealkylation sites (tertiary alicyclic amines) is 1. The van der Waals surface area contributed by atoms with E-state index in [0.29, 0.717) is 18.5 Å². The number of hydrogen-bond donors (Lipinski definition) is 1. The minimum atomic E-state index is 0. The maximum Gasteiger partial charge on any atom is 0.236 e. The summed E-state index contributed by atoms with van der Waals surface area (Å²) in [7, 11) is 1.92. The van der Waals surface area contributed by atoms with Crippen molar-refractivity contribution in [1.82, 2.24) is 9.80 Å². The zero-order valence-corrected chi connectivity index (χ0v) is 13.3. The van der Waals surface area contributed by atoms with Gasteiger partial charge in [-0.05, 0) is 18.4 Å². The largest absolute Gasteiger partial charge is 0.342 e. The van der Waals surface area contributed by atoms with Gasteiger partial charge >= 0.3 is 0 Å². The van der Waals surface area contributed by atoms with E-state index >= 15 is 0 Å². The lowest BCUT2D eigenvalue weighted by molar-refractivity contribution is -0.131. The molecule has 2 atom stereocenters. The van der Waals surface area contributed by atoms with E-state index in [9.17, 15) is 4.79 Å². The van der Waals surface area contributed by atoms with E-state index < -0.39 is 0 Å². The van der Waals surface area contributed by atoms with Crippen molar-refractivity contribution >= 4 is 18.3 Å². The van der Waals surface area contributed by atoms with E-state index in [0.717, 1.165) is 25.9 Å². The zero-order chi connectivity index (χ0) is 14.1. The first-order valence-corrected chi connectivity index (χ1v) is 7.43. The summed E-state index contributed by atoms with van der Waals surface area (Å²) in [5.74, 6) is 0.573. The van der Waals surface area contributed by atoms with Gasteiger partial charge in [0.2, 0.25) is 5.91 Å². The number of halogens is 1.